The molecule has 0 amide bonds. The van der Waals surface area contributed by atoms with Crippen LogP contribution in [0, 0.1) is 0 Å². The van der Waals surface area contributed by atoms with Gasteiger partial charge in [0.2, 0.25) is 0 Å². The number of hydrogen-bond acceptors (Lipinski definition) is 5. The first-order chi connectivity index (χ1) is 9.19. The molecule has 5 nitrogen and oxygen atoms in total. The fourth-order valence-corrected chi connectivity index (χ4v) is 1.62. The number of rotatable bonds is 5. The zero-order valence-electron chi connectivity index (χ0n) is 11.4. The van der Waals surface area contributed by atoms with E-state index in [9.17, 15) is 0 Å². The van der Waals surface area contributed by atoms with Crippen molar-refractivity contribution in [1.82, 2.24) is 9.97 Å². The molecule has 0 fully saturated rings. The van der Waals surface area contributed by atoms with Crippen molar-refractivity contribution in [2.24, 2.45) is 0 Å². The van der Waals surface area contributed by atoms with Crippen molar-refractivity contribution in [1.29, 1.82) is 0 Å². The van der Waals surface area contributed by atoms with Gasteiger partial charge in [0, 0.05) is 26.7 Å². The molecule has 1 heterocycles. The zero-order chi connectivity index (χ0) is 13.7. The monoisotopic (exact) mass is 258 g/mol. The number of anilines is 2. The summed E-state index contributed by atoms with van der Waals surface area (Å²) < 4.78 is 5.13. The maximum atomic E-state index is 5.13. The van der Waals surface area contributed by atoms with Gasteiger partial charge < -0.3 is 15.0 Å². The van der Waals surface area contributed by atoms with Crippen molar-refractivity contribution in [3.8, 4) is 5.75 Å². The third kappa shape index (κ3) is 3.58. The summed E-state index contributed by atoms with van der Waals surface area (Å²) in [4.78, 5) is 10.3. The van der Waals surface area contributed by atoms with E-state index in [1.54, 1.807) is 13.4 Å². The smallest absolute Gasteiger partial charge is 0.133 e. The average Bonchev–Trinajstić information content (AvgIpc) is 2.46. The van der Waals surface area contributed by atoms with Crippen molar-refractivity contribution in [2.45, 2.75) is 6.54 Å². The molecule has 0 spiro atoms. The highest BCUT2D eigenvalue weighted by Crippen LogP contribution is 2.14. The summed E-state index contributed by atoms with van der Waals surface area (Å²) in [5.74, 6) is 2.56. The van der Waals surface area contributed by atoms with Gasteiger partial charge in [-0.2, -0.15) is 0 Å². The van der Waals surface area contributed by atoms with Gasteiger partial charge in [0.25, 0.3) is 0 Å². The standard InChI is InChI=1S/C14H18N4O/c1-18(2)14-8-13(16-10-17-14)15-9-11-4-6-12(19-3)7-5-11/h4-8,10H,9H2,1-3H3,(H,15,16,17). The molecule has 0 aliphatic rings. The van der Waals surface area contributed by atoms with Crippen molar-refractivity contribution < 1.29 is 4.74 Å². The number of nitrogens with one attached hydrogen (secondary N) is 1. The summed E-state index contributed by atoms with van der Waals surface area (Å²) >= 11 is 0. The molecular weight excluding hydrogens is 240 g/mol. The van der Waals surface area contributed by atoms with Crippen LogP contribution in [0.5, 0.6) is 5.75 Å². The summed E-state index contributed by atoms with van der Waals surface area (Å²) in [6, 6.07) is 9.87. The largest absolute Gasteiger partial charge is 0.497 e. The molecule has 1 N–H and O–H groups in total. The SMILES string of the molecule is COc1ccc(CNc2cc(N(C)C)ncn2)cc1. The molecule has 19 heavy (non-hydrogen) atoms. The van der Waals surface area contributed by atoms with Gasteiger partial charge in [-0.3, -0.25) is 0 Å². The predicted octanol–water partition coefficient (Wildman–Crippen LogP) is 2.16. The highest BCUT2D eigenvalue weighted by molar-refractivity contribution is 5.47. The maximum absolute atomic E-state index is 5.13. The quantitative estimate of drug-likeness (QED) is 0.890. The Kier molecular flexibility index (Phi) is 4.18. The zero-order valence-corrected chi connectivity index (χ0v) is 11.4. The fourth-order valence-electron chi connectivity index (χ4n) is 1.62. The Morgan fingerprint density at radius 2 is 1.89 bits per heavy atom. The Bertz CT molecular complexity index is 525. The van der Waals surface area contributed by atoms with Crippen LogP contribution in [0.3, 0.4) is 0 Å². The van der Waals surface area contributed by atoms with Gasteiger partial charge in [-0.05, 0) is 17.7 Å². The predicted molar refractivity (Wildman–Crippen MR) is 76.7 cm³/mol. The van der Waals surface area contributed by atoms with E-state index >= 15 is 0 Å². The molecule has 0 bridgehead atoms. The minimum Gasteiger partial charge on any atom is -0.497 e. The minimum absolute atomic E-state index is 0.716. The van der Waals surface area contributed by atoms with E-state index in [0.717, 1.165) is 17.4 Å². The lowest BCUT2D eigenvalue weighted by Gasteiger charge is -2.12. The summed E-state index contributed by atoms with van der Waals surface area (Å²) in [5.41, 5.74) is 1.17. The van der Waals surface area contributed by atoms with Gasteiger partial charge in [0.1, 0.15) is 23.7 Å². The molecule has 5 heteroatoms. The molecule has 0 aliphatic heterocycles. The van der Waals surface area contributed by atoms with E-state index in [0.29, 0.717) is 6.54 Å². The van der Waals surface area contributed by atoms with Crippen molar-refractivity contribution in [3.05, 3.63) is 42.2 Å². The van der Waals surface area contributed by atoms with Gasteiger partial charge in [-0.1, -0.05) is 12.1 Å². The average molecular weight is 258 g/mol. The van der Waals surface area contributed by atoms with Crippen LogP contribution in [-0.4, -0.2) is 31.2 Å². The van der Waals surface area contributed by atoms with Crippen LogP contribution in [0.4, 0.5) is 11.6 Å². The van der Waals surface area contributed by atoms with Gasteiger partial charge in [-0.25, -0.2) is 9.97 Å². The Morgan fingerprint density at radius 3 is 2.53 bits per heavy atom. The van der Waals surface area contributed by atoms with Gasteiger partial charge in [-0.15, -0.1) is 0 Å². The number of methoxy groups -OCH3 is 1. The van der Waals surface area contributed by atoms with E-state index in [1.165, 1.54) is 5.56 Å². The van der Waals surface area contributed by atoms with Crippen LogP contribution < -0.4 is 15.0 Å². The first kappa shape index (κ1) is 13.1. The van der Waals surface area contributed by atoms with Crippen LogP contribution in [0.2, 0.25) is 0 Å². The number of aromatic nitrogens is 2. The molecule has 2 rings (SSSR count). The summed E-state index contributed by atoms with van der Waals surface area (Å²) in [7, 11) is 5.57. The lowest BCUT2D eigenvalue weighted by molar-refractivity contribution is 0.414. The highest BCUT2D eigenvalue weighted by atomic mass is 16.5. The Morgan fingerprint density at radius 1 is 1.16 bits per heavy atom. The molecule has 2 aromatic rings. The molecule has 0 atom stereocenters. The lowest BCUT2D eigenvalue weighted by atomic mass is 10.2. The summed E-state index contributed by atoms with van der Waals surface area (Å²) in [6.45, 7) is 0.716. The van der Waals surface area contributed by atoms with Crippen LogP contribution in [0.15, 0.2) is 36.7 Å². The van der Waals surface area contributed by atoms with Crippen molar-refractivity contribution in [3.63, 3.8) is 0 Å². The molecule has 0 unspecified atom stereocenters. The molecule has 0 saturated heterocycles. The van der Waals surface area contributed by atoms with E-state index in [1.807, 2.05) is 49.3 Å². The summed E-state index contributed by atoms with van der Waals surface area (Å²) in [6.07, 6.45) is 1.56. The topological polar surface area (TPSA) is 50.3 Å². The van der Waals surface area contributed by atoms with Gasteiger partial charge >= 0.3 is 0 Å². The molecule has 1 aromatic carbocycles. The third-order valence-electron chi connectivity index (χ3n) is 2.74. The van der Waals surface area contributed by atoms with Crippen LogP contribution in [0.25, 0.3) is 0 Å². The molecule has 0 saturated carbocycles. The van der Waals surface area contributed by atoms with Crippen molar-refractivity contribution in [2.75, 3.05) is 31.4 Å². The van der Waals surface area contributed by atoms with Crippen LogP contribution >= 0.6 is 0 Å². The first-order valence-electron chi connectivity index (χ1n) is 6.05. The van der Waals surface area contributed by atoms with Crippen LogP contribution in [0.1, 0.15) is 5.56 Å². The normalized spacial score (nSPS) is 10.1. The molecule has 1 aromatic heterocycles. The Balaban J connectivity index is 1.99. The van der Waals surface area contributed by atoms with E-state index in [2.05, 4.69) is 15.3 Å². The van der Waals surface area contributed by atoms with E-state index in [-0.39, 0.29) is 0 Å². The molecular formula is C14H18N4O. The van der Waals surface area contributed by atoms with Crippen LogP contribution in [-0.2, 0) is 6.54 Å². The second kappa shape index (κ2) is 6.04. The van der Waals surface area contributed by atoms with Gasteiger partial charge in [0.15, 0.2) is 0 Å². The summed E-state index contributed by atoms with van der Waals surface area (Å²) in [5, 5.41) is 3.28. The number of hydrogen-bond donors (Lipinski definition) is 1. The highest BCUT2D eigenvalue weighted by Gasteiger charge is 2.00. The Hall–Kier alpha value is -2.30. The number of nitrogens with zero attached hydrogens (tertiary/aromatic N) is 3. The second-order valence-electron chi connectivity index (χ2n) is 4.36. The Labute approximate surface area is 113 Å². The van der Waals surface area contributed by atoms with Crippen molar-refractivity contribution >= 4 is 11.6 Å². The second-order valence-corrected chi connectivity index (χ2v) is 4.36. The minimum atomic E-state index is 0.716. The molecule has 0 radical (unpaired) electrons. The van der Waals surface area contributed by atoms with Gasteiger partial charge in [0.05, 0.1) is 7.11 Å². The number of ether oxygens (including phenoxy) is 1. The van der Waals surface area contributed by atoms with E-state index in [4.69, 9.17) is 4.74 Å². The third-order valence-corrected chi connectivity index (χ3v) is 2.74. The molecule has 0 aliphatic carbocycles. The fraction of sp³-hybridized carbons (Fsp3) is 0.286. The first-order valence-corrected chi connectivity index (χ1v) is 6.05. The lowest BCUT2D eigenvalue weighted by Crippen LogP contribution is -2.11. The molecule has 100 valence electrons. The van der Waals surface area contributed by atoms with E-state index < -0.39 is 0 Å². The number of benzene rings is 1. The maximum Gasteiger partial charge on any atom is 0.133 e.